The van der Waals surface area contributed by atoms with Gasteiger partial charge in [0, 0.05) is 31.0 Å². The Morgan fingerprint density at radius 3 is 2.39 bits per heavy atom. The van der Waals surface area contributed by atoms with Crippen molar-refractivity contribution >= 4 is 17.5 Å². The Morgan fingerprint density at radius 1 is 0.957 bits per heavy atom. The molecule has 0 atom stereocenters. The first-order valence-corrected chi connectivity index (χ1v) is 7.85. The maximum absolute atomic E-state index is 12.7. The van der Waals surface area contributed by atoms with Crippen LogP contribution in [0.15, 0.2) is 48.8 Å². The van der Waals surface area contributed by atoms with Gasteiger partial charge in [0.15, 0.2) is 0 Å². The summed E-state index contributed by atoms with van der Waals surface area (Å²) in [7, 11) is 0. The second kappa shape index (κ2) is 7.05. The van der Waals surface area contributed by atoms with Crippen LogP contribution in [-0.2, 0) is 0 Å². The lowest BCUT2D eigenvalue weighted by Crippen LogP contribution is -2.36. The first kappa shape index (κ1) is 15.2. The summed E-state index contributed by atoms with van der Waals surface area (Å²) in [6, 6.07) is 10.4. The van der Waals surface area contributed by atoms with Crippen LogP contribution in [0.2, 0.25) is 0 Å². The summed E-state index contributed by atoms with van der Waals surface area (Å²) in [5.74, 6) is -0.262. The number of nitrogens with zero attached hydrogens (tertiary/aromatic N) is 2. The van der Waals surface area contributed by atoms with Crippen LogP contribution in [0.4, 0.5) is 5.69 Å². The van der Waals surface area contributed by atoms with Gasteiger partial charge in [-0.2, -0.15) is 0 Å². The summed E-state index contributed by atoms with van der Waals surface area (Å²) < 4.78 is 0. The van der Waals surface area contributed by atoms with Gasteiger partial charge < -0.3 is 10.2 Å². The summed E-state index contributed by atoms with van der Waals surface area (Å²) in [4.78, 5) is 30.8. The number of anilines is 1. The number of hydrogen-bond donors (Lipinski definition) is 1. The zero-order chi connectivity index (χ0) is 16.1. The molecular formula is C18H19N3O2. The fourth-order valence-electron chi connectivity index (χ4n) is 2.74. The van der Waals surface area contributed by atoms with Gasteiger partial charge in [-0.3, -0.25) is 14.6 Å². The third-order valence-electron chi connectivity index (χ3n) is 3.99. The van der Waals surface area contributed by atoms with Crippen LogP contribution in [0, 0.1) is 0 Å². The molecule has 1 aromatic heterocycles. The molecule has 0 unspecified atom stereocenters. The van der Waals surface area contributed by atoms with E-state index in [1.807, 2.05) is 17.0 Å². The van der Waals surface area contributed by atoms with E-state index >= 15 is 0 Å². The number of carbonyl (C=O) groups excluding carboxylic acids is 2. The SMILES string of the molecule is O=C(Nc1ccccc1C(=O)N1CCCCC1)c1ccncc1. The van der Waals surface area contributed by atoms with Crippen molar-refractivity contribution in [3.63, 3.8) is 0 Å². The monoisotopic (exact) mass is 309 g/mol. The Kier molecular flexibility index (Phi) is 4.66. The molecule has 0 aliphatic carbocycles. The van der Waals surface area contributed by atoms with Crippen LogP contribution >= 0.6 is 0 Å². The van der Waals surface area contributed by atoms with E-state index in [4.69, 9.17) is 0 Å². The highest BCUT2D eigenvalue weighted by molar-refractivity contribution is 6.08. The van der Waals surface area contributed by atoms with Gasteiger partial charge in [0.25, 0.3) is 11.8 Å². The standard InChI is InChI=1S/C18H19N3O2/c22-17(14-8-10-19-11-9-14)20-16-7-3-2-6-15(16)18(23)21-12-4-1-5-13-21/h2-3,6-11H,1,4-5,12-13H2,(H,20,22). The van der Waals surface area contributed by atoms with Crippen molar-refractivity contribution in [2.24, 2.45) is 0 Å². The molecule has 2 aromatic rings. The zero-order valence-electron chi connectivity index (χ0n) is 12.9. The summed E-state index contributed by atoms with van der Waals surface area (Å²) in [5.41, 5.74) is 1.60. The maximum atomic E-state index is 12.7. The molecule has 1 saturated heterocycles. The van der Waals surface area contributed by atoms with Crippen molar-refractivity contribution in [2.45, 2.75) is 19.3 Å². The molecule has 0 spiro atoms. The summed E-state index contributed by atoms with van der Waals surface area (Å²) in [6.45, 7) is 1.57. The molecule has 2 amide bonds. The molecule has 0 saturated carbocycles. The second-order valence-corrected chi connectivity index (χ2v) is 5.59. The Morgan fingerprint density at radius 2 is 1.65 bits per heavy atom. The molecule has 0 bridgehead atoms. The number of amides is 2. The molecule has 1 aromatic carbocycles. The molecule has 3 rings (SSSR count). The lowest BCUT2D eigenvalue weighted by Gasteiger charge is -2.27. The molecule has 0 radical (unpaired) electrons. The normalized spacial score (nSPS) is 14.3. The van der Waals surface area contributed by atoms with Gasteiger partial charge >= 0.3 is 0 Å². The highest BCUT2D eigenvalue weighted by Crippen LogP contribution is 2.20. The first-order chi connectivity index (χ1) is 11.3. The number of pyridine rings is 1. The van der Waals surface area contributed by atoms with Crippen LogP contribution in [-0.4, -0.2) is 34.8 Å². The quantitative estimate of drug-likeness (QED) is 0.948. The summed E-state index contributed by atoms with van der Waals surface area (Å²) >= 11 is 0. The van der Waals surface area contributed by atoms with Gasteiger partial charge in [-0.1, -0.05) is 12.1 Å². The van der Waals surface area contributed by atoms with Crippen LogP contribution in [0.3, 0.4) is 0 Å². The van der Waals surface area contributed by atoms with E-state index in [0.717, 1.165) is 25.9 Å². The van der Waals surface area contributed by atoms with Crippen molar-refractivity contribution in [1.82, 2.24) is 9.88 Å². The topological polar surface area (TPSA) is 62.3 Å². The van der Waals surface area contributed by atoms with Crippen molar-refractivity contribution in [3.8, 4) is 0 Å². The number of carbonyl (C=O) groups is 2. The zero-order valence-corrected chi connectivity index (χ0v) is 12.9. The van der Waals surface area contributed by atoms with Gasteiger partial charge in [0.2, 0.25) is 0 Å². The predicted molar refractivity (Wildman–Crippen MR) is 88.4 cm³/mol. The minimum atomic E-state index is -0.244. The first-order valence-electron chi connectivity index (χ1n) is 7.85. The Bertz CT molecular complexity index is 694. The van der Waals surface area contributed by atoms with Gasteiger partial charge in [0.05, 0.1) is 11.3 Å². The second-order valence-electron chi connectivity index (χ2n) is 5.59. The molecular weight excluding hydrogens is 290 g/mol. The van der Waals surface area contributed by atoms with E-state index in [1.54, 1.807) is 36.7 Å². The number of piperidine rings is 1. The van der Waals surface area contributed by atoms with Crippen LogP contribution in [0.25, 0.3) is 0 Å². The average molecular weight is 309 g/mol. The third kappa shape index (κ3) is 3.56. The van der Waals surface area contributed by atoms with Gasteiger partial charge in [-0.25, -0.2) is 0 Å². The van der Waals surface area contributed by atoms with Gasteiger partial charge in [0.1, 0.15) is 0 Å². The molecule has 1 aliphatic heterocycles. The minimum Gasteiger partial charge on any atom is -0.339 e. The summed E-state index contributed by atoms with van der Waals surface area (Å²) in [6.07, 6.45) is 6.39. The van der Waals surface area contributed by atoms with Crippen molar-refractivity contribution in [2.75, 3.05) is 18.4 Å². The highest BCUT2D eigenvalue weighted by atomic mass is 16.2. The molecule has 1 aliphatic rings. The average Bonchev–Trinajstić information content (AvgIpc) is 2.63. The molecule has 1 fully saturated rings. The van der Waals surface area contributed by atoms with E-state index in [-0.39, 0.29) is 11.8 Å². The molecule has 118 valence electrons. The van der Waals surface area contributed by atoms with E-state index in [1.165, 1.54) is 6.42 Å². The minimum absolute atomic E-state index is 0.0182. The van der Waals surface area contributed by atoms with E-state index in [2.05, 4.69) is 10.3 Å². The molecule has 1 N–H and O–H groups in total. The lowest BCUT2D eigenvalue weighted by atomic mass is 10.1. The van der Waals surface area contributed by atoms with E-state index in [0.29, 0.717) is 16.8 Å². The van der Waals surface area contributed by atoms with Crippen LogP contribution in [0.1, 0.15) is 40.0 Å². The van der Waals surface area contributed by atoms with Crippen LogP contribution in [0.5, 0.6) is 0 Å². The van der Waals surface area contributed by atoms with Crippen molar-refractivity contribution in [3.05, 3.63) is 59.9 Å². The fraction of sp³-hybridized carbons (Fsp3) is 0.278. The van der Waals surface area contributed by atoms with E-state index < -0.39 is 0 Å². The number of aromatic nitrogens is 1. The largest absolute Gasteiger partial charge is 0.339 e. The Labute approximate surface area is 135 Å². The number of benzene rings is 1. The molecule has 2 heterocycles. The smallest absolute Gasteiger partial charge is 0.255 e. The van der Waals surface area contributed by atoms with Gasteiger partial charge in [-0.05, 0) is 43.5 Å². The lowest BCUT2D eigenvalue weighted by molar-refractivity contribution is 0.0725. The highest BCUT2D eigenvalue weighted by Gasteiger charge is 2.21. The van der Waals surface area contributed by atoms with Crippen molar-refractivity contribution in [1.29, 1.82) is 0 Å². The molecule has 5 heteroatoms. The van der Waals surface area contributed by atoms with Gasteiger partial charge in [-0.15, -0.1) is 0 Å². The molecule has 23 heavy (non-hydrogen) atoms. The van der Waals surface area contributed by atoms with Crippen LogP contribution < -0.4 is 5.32 Å². The number of nitrogens with one attached hydrogen (secondary N) is 1. The van der Waals surface area contributed by atoms with E-state index in [9.17, 15) is 9.59 Å². The maximum Gasteiger partial charge on any atom is 0.255 e. The summed E-state index contributed by atoms with van der Waals surface area (Å²) in [5, 5.41) is 2.83. The molecule has 5 nitrogen and oxygen atoms in total. The number of para-hydroxylation sites is 1. The fourth-order valence-corrected chi connectivity index (χ4v) is 2.74. The Hall–Kier alpha value is -2.69. The Balaban J connectivity index is 1.80. The third-order valence-corrected chi connectivity index (χ3v) is 3.99. The van der Waals surface area contributed by atoms with Crippen molar-refractivity contribution < 1.29 is 9.59 Å². The number of rotatable bonds is 3. The number of hydrogen-bond acceptors (Lipinski definition) is 3. The number of likely N-dealkylation sites (tertiary alicyclic amines) is 1. The predicted octanol–water partition coefficient (Wildman–Crippen LogP) is 2.96.